The fourth-order valence-electron chi connectivity index (χ4n) is 2.41. The van der Waals surface area contributed by atoms with Gasteiger partial charge in [0, 0.05) is 13.1 Å². The van der Waals surface area contributed by atoms with Crippen molar-refractivity contribution < 1.29 is 14.7 Å². The van der Waals surface area contributed by atoms with Crippen molar-refractivity contribution in [2.45, 2.75) is 53.0 Å². The van der Waals surface area contributed by atoms with Crippen molar-refractivity contribution in [3.05, 3.63) is 0 Å². The number of amides is 2. The van der Waals surface area contributed by atoms with E-state index in [2.05, 4.69) is 33.0 Å². The van der Waals surface area contributed by atoms with E-state index in [4.69, 9.17) is 0 Å². The van der Waals surface area contributed by atoms with Gasteiger partial charge in [-0.25, -0.2) is 9.59 Å². The number of carboxylic acids is 1. The fourth-order valence-corrected chi connectivity index (χ4v) is 2.41. The van der Waals surface area contributed by atoms with Crippen molar-refractivity contribution in [2.24, 2.45) is 17.8 Å². The fraction of sp³-hybridized carbons (Fsp3) is 0.867. The molecular formula is C15H28N2O3. The van der Waals surface area contributed by atoms with Gasteiger partial charge in [0.05, 0.1) is 0 Å². The molecule has 0 saturated heterocycles. The quantitative estimate of drug-likeness (QED) is 0.755. The molecule has 0 bridgehead atoms. The first kappa shape index (κ1) is 16.8. The number of hydrogen-bond donors (Lipinski definition) is 2. The second-order valence-corrected chi connectivity index (χ2v) is 6.90. The molecule has 2 N–H and O–H groups in total. The number of carbonyl (C=O) groups is 2. The lowest BCUT2D eigenvalue weighted by Crippen LogP contribution is -2.58. The molecule has 2 amide bonds. The molecule has 0 aliphatic heterocycles. The Morgan fingerprint density at radius 1 is 1.20 bits per heavy atom. The van der Waals surface area contributed by atoms with Crippen molar-refractivity contribution in [1.29, 1.82) is 0 Å². The molecule has 0 spiro atoms. The average Bonchev–Trinajstić information content (AvgIpc) is 3.10. The Hall–Kier alpha value is -1.26. The maximum absolute atomic E-state index is 12.4. The number of carboxylic acid groups (broad SMARTS) is 1. The van der Waals surface area contributed by atoms with Gasteiger partial charge in [0.15, 0.2) is 0 Å². The summed E-state index contributed by atoms with van der Waals surface area (Å²) in [5.41, 5.74) is -1.14. The van der Waals surface area contributed by atoms with E-state index in [1.54, 1.807) is 11.8 Å². The Labute approximate surface area is 121 Å². The highest BCUT2D eigenvalue weighted by atomic mass is 16.4. The van der Waals surface area contributed by atoms with Crippen LogP contribution in [0.4, 0.5) is 4.79 Å². The average molecular weight is 284 g/mol. The molecule has 116 valence electrons. The smallest absolute Gasteiger partial charge is 0.329 e. The van der Waals surface area contributed by atoms with Crippen LogP contribution in [0.1, 0.15) is 47.5 Å². The normalized spacial score (nSPS) is 17.9. The second-order valence-electron chi connectivity index (χ2n) is 6.90. The minimum Gasteiger partial charge on any atom is -0.480 e. The minimum absolute atomic E-state index is 0.0592. The lowest BCUT2D eigenvalue weighted by atomic mass is 9.96. The van der Waals surface area contributed by atoms with Crippen LogP contribution >= 0.6 is 0 Å². The largest absolute Gasteiger partial charge is 0.480 e. The van der Waals surface area contributed by atoms with Gasteiger partial charge in [-0.1, -0.05) is 27.7 Å². The van der Waals surface area contributed by atoms with E-state index in [9.17, 15) is 14.7 Å². The van der Waals surface area contributed by atoms with Gasteiger partial charge in [0.2, 0.25) is 0 Å². The van der Waals surface area contributed by atoms with Crippen molar-refractivity contribution in [3.8, 4) is 0 Å². The number of nitrogens with zero attached hydrogens (tertiary/aromatic N) is 1. The molecule has 1 unspecified atom stereocenters. The number of rotatable bonds is 7. The van der Waals surface area contributed by atoms with Crippen molar-refractivity contribution in [3.63, 3.8) is 0 Å². The van der Waals surface area contributed by atoms with Crippen LogP contribution in [-0.2, 0) is 4.79 Å². The Morgan fingerprint density at radius 2 is 1.65 bits per heavy atom. The zero-order valence-electron chi connectivity index (χ0n) is 13.3. The summed E-state index contributed by atoms with van der Waals surface area (Å²) in [5, 5.41) is 12.2. The molecular weight excluding hydrogens is 256 g/mol. The van der Waals surface area contributed by atoms with E-state index >= 15 is 0 Å². The highest BCUT2D eigenvalue weighted by molar-refractivity contribution is 5.86. The van der Waals surface area contributed by atoms with Gasteiger partial charge in [-0.2, -0.15) is 0 Å². The summed E-state index contributed by atoms with van der Waals surface area (Å²) in [5.74, 6) is -0.167. The van der Waals surface area contributed by atoms with Crippen molar-refractivity contribution in [2.75, 3.05) is 13.1 Å². The summed E-state index contributed by atoms with van der Waals surface area (Å²) in [4.78, 5) is 25.6. The molecule has 0 radical (unpaired) electrons. The highest BCUT2D eigenvalue weighted by Crippen LogP contribution is 2.39. The molecule has 5 heteroatoms. The van der Waals surface area contributed by atoms with E-state index in [1.165, 1.54) is 0 Å². The van der Waals surface area contributed by atoms with Gasteiger partial charge in [-0.05, 0) is 37.5 Å². The molecule has 20 heavy (non-hydrogen) atoms. The van der Waals surface area contributed by atoms with E-state index in [0.717, 1.165) is 12.8 Å². The molecule has 0 heterocycles. The Bertz CT molecular complexity index is 354. The first-order chi connectivity index (χ1) is 9.16. The second kappa shape index (κ2) is 6.46. The van der Waals surface area contributed by atoms with Gasteiger partial charge in [0.1, 0.15) is 5.54 Å². The molecule has 1 aliphatic rings. The predicted octanol–water partition coefficient (Wildman–Crippen LogP) is 2.56. The lowest BCUT2D eigenvalue weighted by molar-refractivity contribution is -0.144. The van der Waals surface area contributed by atoms with Crippen LogP contribution in [0.5, 0.6) is 0 Å². The van der Waals surface area contributed by atoms with Crippen LogP contribution in [0.25, 0.3) is 0 Å². The summed E-state index contributed by atoms with van der Waals surface area (Å²) in [6.45, 7) is 11.1. The number of carbonyl (C=O) groups excluding carboxylic acids is 1. The lowest BCUT2D eigenvalue weighted by Gasteiger charge is -2.32. The third-order valence-electron chi connectivity index (χ3n) is 3.66. The van der Waals surface area contributed by atoms with E-state index in [1.807, 2.05) is 0 Å². The number of urea groups is 1. The SMILES string of the molecule is CC(C)CN(CC(C)C)C(=O)NC(C)(C(=O)O)C1CC1. The van der Waals surface area contributed by atoms with Crippen molar-refractivity contribution >= 4 is 12.0 Å². The van der Waals surface area contributed by atoms with E-state index in [-0.39, 0.29) is 11.9 Å². The third-order valence-corrected chi connectivity index (χ3v) is 3.66. The summed E-state index contributed by atoms with van der Waals surface area (Å²) in [7, 11) is 0. The summed E-state index contributed by atoms with van der Waals surface area (Å²) >= 11 is 0. The van der Waals surface area contributed by atoms with Gasteiger partial charge < -0.3 is 15.3 Å². The first-order valence-electron chi connectivity index (χ1n) is 7.47. The topological polar surface area (TPSA) is 69.6 Å². The maximum Gasteiger partial charge on any atom is 0.329 e. The highest BCUT2D eigenvalue weighted by Gasteiger charge is 2.49. The molecule has 1 saturated carbocycles. The summed E-state index contributed by atoms with van der Waals surface area (Å²) in [6, 6.07) is -0.260. The standard InChI is InChI=1S/C15H28N2O3/c1-10(2)8-17(9-11(3)4)14(20)16-15(5,13(18)19)12-6-7-12/h10-12H,6-9H2,1-5H3,(H,16,20)(H,18,19). The van der Waals surface area contributed by atoms with Crippen LogP contribution in [0, 0.1) is 17.8 Å². The zero-order valence-corrected chi connectivity index (χ0v) is 13.3. The molecule has 1 rings (SSSR count). The Balaban J connectivity index is 2.75. The summed E-state index contributed by atoms with van der Waals surface area (Å²) < 4.78 is 0. The Kier molecular flexibility index (Phi) is 5.42. The molecule has 0 aromatic heterocycles. The molecule has 0 aromatic carbocycles. The van der Waals surface area contributed by atoms with E-state index < -0.39 is 11.5 Å². The molecule has 0 aromatic rings. The zero-order chi connectivity index (χ0) is 15.5. The predicted molar refractivity (Wildman–Crippen MR) is 78.5 cm³/mol. The van der Waals surface area contributed by atoms with Crippen LogP contribution in [0.15, 0.2) is 0 Å². The molecule has 1 aliphatic carbocycles. The molecule has 5 nitrogen and oxygen atoms in total. The van der Waals surface area contributed by atoms with Gasteiger partial charge in [-0.15, -0.1) is 0 Å². The molecule has 1 atom stereocenters. The maximum atomic E-state index is 12.4. The van der Waals surface area contributed by atoms with Crippen molar-refractivity contribution in [1.82, 2.24) is 10.2 Å². The summed E-state index contributed by atoms with van der Waals surface area (Å²) in [6.07, 6.45) is 1.74. The monoisotopic (exact) mass is 284 g/mol. The van der Waals surface area contributed by atoms with Crippen LogP contribution < -0.4 is 5.32 Å². The number of hydrogen-bond acceptors (Lipinski definition) is 2. The van der Waals surface area contributed by atoms with Crippen LogP contribution in [-0.4, -0.2) is 40.6 Å². The molecule has 1 fully saturated rings. The number of aliphatic carboxylic acids is 1. The van der Waals surface area contributed by atoms with E-state index in [0.29, 0.717) is 24.9 Å². The van der Waals surface area contributed by atoms with Crippen LogP contribution in [0.2, 0.25) is 0 Å². The van der Waals surface area contributed by atoms with Gasteiger partial charge >= 0.3 is 12.0 Å². The van der Waals surface area contributed by atoms with Gasteiger partial charge in [-0.3, -0.25) is 0 Å². The number of nitrogens with one attached hydrogen (secondary N) is 1. The van der Waals surface area contributed by atoms with Gasteiger partial charge in [0.25, 0.3) is 0 Å². The minimum atomic E-state index is -1.14. The third kappa shape index (κ3) is 4.39. The Morgan fingerprint density at radius 3 is 1.95 bits per heavy atom. The van der Waals surface area contributed by atoms with Crippen LogP contribution in [0.3, 0.4) is 0 Å². The first-order valence-corrected chi connectivity index (χ1v) is 7.47.